The Hall–Kier alpha value is -1.74. The van der Waals surface area contributed by atoms with Crippen LogP contribution in [-0.4, -0.2) is 13.7 Å². The highest BCUT2D eigenvalue weighted by Crippen LogP contribution is 2.35. The second-order valence-electron chi connectivity index (χ2n) is 11.7. The maximum Gasteiger partial charge on any atom is 0.166 e. The van der Waals surface area contributed by atoms with Crippen LogP contribution < -0.4 is 0 Å². The fourth-order valence-electron chi connectivity index (χ4n) is 6.73. The first-order valence-electron chi connectivity index (χ1n) is 14.6. The van der Waals surface area contributed by atoms with Crippen LogP contribution in [0.5, 0.6) is 0 Å². The number of halogens is 2. The lowest BCUT2D eigenvalue weighted by Gasteiger charge is -2.28. The second kappa shape index (κ2) is 13.7. The van der Waals surface area contributed by atoms with Crippen LogP contribution in [0.25, 0.3) is 11.1 Å². The number of methoxy groups -OCH3 is 1. The Morgan fingerprint density at radius 1 is 0.667 bits per heavy atom. The van der Waals surface area contributed by atoms with Gasteiger partial charge in [-0.3, -0.25) is 0 Å². The number of ether oxygens (including phenoxy) is 1. The van der Waals surface area contributed by atoms with Crippen molar-refractivity contribution in [1.82, 2.24) is 0 Å². The van der Waals surface area contributed by atoms with Gasteiger partial charge in [0.1, 0.15) is 0 Å². The van der Waals surface area contributed by atoms with E-state index in [2.05, 4.69) is 19.1 Å². The molecule has 2 aliphatic rings. The Labute approximate surface area is 218 Å². The number of hydrogen-bond acceptors (Lipinski definition) is 1. The van der Waals surface area contributed by atoms with Crippen molar-refractivity contribution < 1.29 is 13.5 Å². The Kier molecular flexibility index (Phi) is 10.4. The van der Waals surface area contributed by atoms with E-state index in [0.717, 1.165) is 36.8 Å². The highest BCUT2D eigenvalue weighted by atomic mass is 19.2. The largest absolute Gasteiger partial charge is 0.384 e. The summed E-state index contributed by atoms with van der Waals surface area (Å²) in [5.74, 6) is 1.71. The minimum Gasteiger partial charge on any atom is -0.384 e. The van der Waals surface area contributed by atoms with Crippen molar-refractivity contribution in [3.63, 3.8) is 0 Å². The fourth-order valence-corrected chi connectivity index (χ4v) is 6.73. The van der Waals surface area contributed by atoms with Crippen molar-refractivity contribution in [2.75, 3.05) is 13.7 Å². The molecule has 0 N–H and O–H groups in total. The summed E-state index contributed by atoms with van der Waals surface area (Å²) in [7, 11) is 1.77. The Morgan fingerprint density at radius 2 is 1.22 bits per heavy atom. The average Bonchev–Trinajstić information content (AvgIpc) is 2.91. The third-order valence-electron chi connectivity index (χ3n) is 9.12. The first-order chi connectivity index (χ1) is 17.6. The highest BCUT2D eigenvalue weighted by Gasteiger charge is 2.23. The summed E-state index contributed by atoms with van der Waals surface area (Å²) >= 11 is 0. The van der Waals surface area contributed by atoms with Crippen LogP contribution in [0.2, 0.25) is 0 Å². The molecule has 0 amide bonds. The predicted molar refractivity (Wildman–Crippen MR) is 146 cm³/mol. The van der Waals surface area contributed by atoms with Crippen LogP contribution in [-0.2, 0) is 17.6 Å². The molecule has 0 heterocycles. The summed E-state index contributed by atoms with van der Waals surface area (Å²) < 4.78 is 35.3. The molecule has 2 aliphatic carbocycles. The number of benzene rings is 2. The van der Waals surface area contributed by atoms with Crippen LogP contribution in [0.3, 0.4) is 0 Å². The molecule has 2 fully saturated rings. The van der Waals surface area contributed by atoms with Crippen molar-refractivity contribution in [3.8, 4) is 11.1 Å². The van der Waals surface area contributed by atoms with E-state index < -0.39 is 11.6 Å². The lowest BCUT2D eigenvalue weighted by atomic mass is 9.78. The van der Waals surface area contributed by atoms with Crippen LogP contribution in [0, 0.1) is 35.3 Å². The second-order valence-corrected chi connectivity index (χ2v) is 11.7. The van der Waals surface area contributed by atoms with Crippen LogP contribution in [0.15, 0.2) is 36.4 Å². The molecule has 0 spiro atoms. The third-order valence-corrected chi connectivity index (χ3v) is 9.12. The van der Waals surface area contributed by atoms with Gasteiger partial charge in [0.05, 0.1) is 0 Å². The van der Waals surface area contributed by atoms with Crippen molar-refractivity contribution >= 4 is 0 Å². The quantitative estimate of drug-likeness (QED) is 0.301. The van der Waals surface area contributed by atoms with Crippen LogP contribution in [0.4, 0.5) is 8.78 Å². The van der Waals surface area contributed by atoms with Gasteiger partial charge in [0.15, 0.2) is 11.6 Å². The third kappa shape index (κ3) is 7.40. The monoisotopic (exact) mass is 496 g/mol. The van der Waals surface area contributed by atoms with Gasteiger partial charge < -0.3 is 4.74 Å². The first kappa shape index (κ1) is 27.3. The van der Waals surface area contributed by atoms with Crippen LogP contribution >= 0.6 is 0 Å². The van der Waals surface area contributed by atoms with Gasteiger partial charge in [-0.1, -0.05) is 94.7 Å². The van der Waals surface area contributed by atoms with Crippen LogP contribution in [0.1, 0.15) is 95.1 Å². The maximum atomic E-state index is 15.0. The van der Waals surface area contributed by atoms with E-state index in [1.165, 1.54) is 76.2 Å². The normalized spacial score (nSPS) is 24.7. The summed E-state index contributed by atoms with van der Waals surface area (Å²) in [4.78, 5) is 0. The number of hydrogen-bond donors (Lipinski definition) is 0. The topological polar surface area (TPSA) is 9.23 Å². The summed E-state index contributed by atoms with van der Waals surface area (Å²) in [5.41, 5.74) is 2.95. The summed E-state index contributed by atoms with van der Waals surface area (Å²) in [6, 6.07) is 11.7. The molecular weight excluding hydrogens is 450 g/mol. The molecule has 0 atom stereocenters. The Balaban J connectivity index is 1.27. The van der Waals surface area contributed by atoms with Crippen molar-refractivity contribution in [3.05, 3.63) is 59.2 Å². The molecule has 3 heteroatoms. The standard InChI is InChI=1S/C33H46F2O/c1-3-4-24-5-7-25(8-6-24)9-10-27-15-18-29(19-16-27)31-22-21-30(32(34)33(31)35)20-17-26-11-13-28(14-12-26)23-36-2/h15-16,18-19,21-22,24-26,28H,3-14,17,20,23H2,1-2H3. The zero-order valence-corrected chi connectivity index (χ0v) is 22.5. The van der Waals surface area contributed by atoms with Crippen molar-refractivity contribution in [2.45, 2.75) is 96.8 Å². The Morgan fingerprint density at radius 3 is 1.81 bits per heavy atom. The van der Waals surface area contributed by atoms with E-state index >= 15 is 4.39 Å². The molecule has 2 saturated carbocycles. The summed E-state index contributed by atoms with van der Waals surface area (Å²) in [6.45, 7) is 3.14. The maximum absolute atomic E-state index is 15.0. The minimum atomic E-state index is -0.701. The van der Waals surface area contributed by atoms with E-state index in [-0.39, 0.29) is 0 Å². The van der Waals surface area contributed by atoms with E-state index in [0.29, 0.717) is 29.4 Å². The molecule has 2 aromatic carbocycles. The van der Waals surface area contributed by atoms with Gasteiger partial charge in [-0.05, 0) is 78.9 Å². The molecule has 0 aliphatic heterocycles. The molecule has 0 unspecified atom stereocenters. The van der Waals surface area contributed by atoms with Gasteiger partial charge in [-0.25, -0.2) is 8.78 Å². The highest BCUT2D eigenvalue weighted by molar-refractivity contribution is 5.65. The molecule has 1 nitrogen and oxygen atoms in total. The molecule has 0 radical (unpaired) electrons. The average molecular weight is 497 g/mol. The first-order valence-corrected chi connectivity index (χ1v) is 14.6. The zero-order chi connectivity index (χ0) is 25.3. The SMILES string of the molecule is CCCC1CCC(CCc2ccc(-c3ccc(CCC4CCC(COC)CC4)c(F)c3F)cc2)CC1. The fraction of sp³-hybridized carbons (Fsp3) is 0.636. The van der Waals surface area contributed by atoms with Gasteiger partial charge in [0.2, 0.25) is 0 Å². The molecule has 36 heavy (non-hydrogen) atoms. The van der Waals surface area contributed by atoms with E-state index in [4.69, 9.17) is 4.74 Å². The molecule has 2 aromatic rings. The lowest BCUT2D eigenvalue weighted by Crippen LogP contribution is -2.18. The minimum absolute atomic E-state index is 0.372. The van der Waals surface area contributed by atoms with Gasteiger partial charge in [-0.2, -0.15) is 0 Å². The molecule has 0 aromatic heterocycles. The van der Waals surface area contributed by atoms with Crippen molar-refractivity contribution in [2.24, 2.45) is 23.7 Å². The molecule has 0 bridgehead atoms. The van der Waals surface area contributed by atoms with Gasteiger partial charge in [0, 0.05) is 19.3 Å². The smallest absolute Gasteiger partial charge is 0.166 e. The summed E-state index contributed by atoms with van der Waals surface area (Å²) in [6.07, 6.45) is 16.8. The predicted octanol–water partition coefficient (Wildman–Crippen LogP) is 9.56. The molecule has 198 valence electrons. The molecule has 0 saturated heterocycles. The lowest BCUT2D eigenvalue weighted by molar-refractivity contribution is 0.117. The zero-order valence-electron chi connectivity index (χ0n) is 22.5. The number of rotatable bonds is 11. The van der Waals surface area contributed by atoms with Gasteiger partial charge in [0.25, 0.3) is 0 Å². The molecule has 4 rings (SSSR count). The van der Waals surface area contributed by atoms with Gasteiger partial charge in [-0.15, -0.1) is 0 Å². The molecular formula is C33H46F2O. The van der Waals surface area contributed by atoms with Gasteiger partial charge >= 0.3 is 0 Å². The number of aryl methyl sites for hydroxylation is 2. The summed E-state index contributed by atoms with van der Waals surface area (Å²) in [5, 5.41) is 0. The van der Waals surface area contributed by atoms with E-state index in [9.17, 15) is 4.39 Å². The van der Waals surface area contributed by atoms with E-state index in [1.54, 1.807) is 19.2 Å². The Bertz CT molecular complexity index is 921. The van der Waals surface area contributed by atoms with E-state index in [1.807, 2.05) is 12.1 Å². The van der Waals surface area contributed by atoms with Crippen molar-refractivity contribution in [1.29, 1.82) is 0 Å².